The lowest BCUT2D eigenvalue weighted by Gasteiger charge is -2.28. The molecule has 1 aromatic heterocycles. The van der Waals surface area contributed by atoms with E-state index in [0.29, 0.717) is 16.6 Å². The van der Waals surface area contributed by atoms with Gasteiger partial charge in [-0.25, -0.2) is 17.4 Å². The van der Waals surface area contributed by atoms with Gasteiger partial charge in [0.25, 0.3) is 10.0 Å². The fourth-order valence-electron chi connectivity index (χ4n) is 4.74. The zero-order valence-corrected chi connectivity index (χ0v) is 24.4. The number of hydrogen-bond donors (Lipinski definition) is 3. The van der Waals surface area contributed by atoms with Crippen molar-refractivity contribution in [2.45, 2.75) is 44.2 Å². The summed E-state index contributed by atoms with van der Waals surface area (Å²) in [5, 5.41) is 15.4. The predicted octanol–water partition coefficient (Wildman–Crippen LogP) is 5.04. The van der Waals surface area contributed by atoms with Gasteiger partial charge in [0.15, 0.2) is 0 Å². The zero-order valence-electron chi connectivity index (χ0n) is 21.4. The molecule has 2 atom stereocenters. The molecule has 8 nitrogen and oxygen atoms in total. The summed E-state index contributed by atoms with van der Waals surface area (Å²) in [6.07, 6.45) is 5.76. The number of hydrogen-bond acceptors (Lipinski definition) is 6. The van der Waals surface area contributed by atoms with Crippen LogP contribution in [0.3, 0.4) is 0 Å². The van der Waals surface area contributed by atoms with Crippen LogP contribution in [0.1, 0.15) is 32.0 Å². The van der Waals surface area contributed by atoms with Gasteiger partial charge in [-0.3, -0.25) is 4.99 Å². The van der Waals surface area contributed by atoms with Crippen molar-refractivity contribution in [3.8, 4) is 0 Å². The van der Waals surface area contributed by atoms with Gasteiger partial charge in [0.1, 0.15) is 17.3 Å². The zero-order chi connectivity index (χ0) is 27.4. The summed E-state index contributed by atoms with van der Waals surface area (Å²) in [6, 6.07) is 13.7. The van der Waals surface area contributed by atoms with Gasteiger partial charge in [0, 0.05) is 14.5 Å². The predicted molar refractivity (Wildman–Crippen MR) is 161 cm³/mol. The summed E-state index contributed by atoms with van der Waals surface area (Å²) in [5.41, 5.74) is 8.33. The summed E-state index contributed by atoms with van der Waals surface area (Å²) < 4.78 is 29.8. The molecule has 0 saturated heterocycles. The number of nitrogens with zero attached hydrogens (tertiary/aromatic N) is 3. The van der Waals surface area contributed by atoms with E-state index >= 15 is 0 Å². The standard InChI is InChI=1S/C28H28IN5O3S/c1-16-5-10-22(11-6-16)38(36,37)34-23-14-20(29)8-7-19(23)13-24(34)26(35)17(2)27(30)32-21-9-12-25-28(4,15-21)33-18(3)31-25/h5-15,25,35H,1-4H3,(H2,30,32)(H,31,33). The van der Waals surface area contributed by atoms with E-state index in [-0.39, 0.29) is 33.8 Å². The van der Waals surface area contributed by atoms with Crippen LogP contribution < -0.4 is 11.1 Å². The molecule has 0 amide bonds. The molecule has 2 unspecified atom stereocenters. The highest BCUT2D eigenvalue weighted by molar-refractivity contribution is 14.1. The van der Waals surface area contributed by atoms with E-state index in [9.17, 15) is 13.5 Å². The number of aliphatic hydroxyl groups is 1. The number of aliphatic hydroxyl groups excluding tert-OH is 1. The second-order valence-corrected chi connectivity index (χ2v) is 12.8. The Bertz CT molecular complexity index is 1730. The molecule has 0 fully saturated rings. The first kappa shape index (κ1) is 26.2. The molecule has 38 heavy (non-hydrogen) atoms. The SMILES string of the molecule is CC1=NC2C=CC(N=C(N)C(C)=C(O)c3cc4ccc(I)cc4n3S(=O)(=O)c3ccc(C)cc3)=CC2(C)N1. The van der Waals surface area contributed by atoms with Gasteiger partial charge >= 0.3 is 0 Å². The number of benzene rings is 2. The lowest BCUT2D eigenvalue weighted by molar-refractivity contribution is 0.496. The van der Waals surface area contributed by atoms with Gasteiger partial charge in [-0.15, -0.1) is 0 Å². The Balaban J connectivity index is 1.63. The third-order valence-electron chi connectivity index (χ3n) is 6.81. The van der Waals surface area contributed by atoms with Crippen LogP contribution in [0.4, 0.5) is 0 Å². The average molecular weight is 642 g/mol. The van der Waals surface area contributed by atoms with Crippen molar-refractivity contribution < 1.29 is 13.5 Å². The smallest absolute Gasteiger partial charge is 0.268 e. The molecule has 2 aromatic carbocycles. The highest BCUT2D eigenvalue weighted by Gasteiger charge is 2.37. The minimum Gasteiger partial charge on any atom is -0.505 e. The first-order valence-electron chi connectivity index (χ1n) is 12.0. The average Bonchev–Trinajstić information content (AvgIpc) is 3.38. The number of aliphatic imine (C=N–C) groups is 2. The van der Waals surface area contributed by atoms with E-state index in [1.165, 1.54) is 3.97 Å². The van der Waals surface area contributed by atoms with E-state index < -0.39 is 15.6 Å². The minimum atomic E-state index is -4.05. The number of halogens is 1. The molecule has 2 heterocycles. The molecule has 10 heteroatoms. The number of aromatic nitrogens is 1. The quantitative estimate of drug-likeness (QED) is 0.156. The normalized spacial score (nSPS) is 22.0. The van der Waals surface area contributed by atoms with Gasteiger partial charge < -0.3 is 16.2 Å². The molecule has 0 bridgehead atoms. The van der Waals surface area contributed by atoms with Crippen molar-refractivity contribution in [2.75, 3.05) is 0 Å². The van der Waals surface area contributed by atoms with Gasteiger partial charge in [-0.2, -0.15) is 0 Å². The van der Waals surface area contributed by atoms with Gasteiger partial charge in [0.2, 0.25) is 0 Å². The summed E-state index contributed by atoms with van der Waals surface area (Å²) in [7, 11) is -4.05. The number of fused-ring (bicyclic) bond motifs is 2. The highest BCUT2D eigenvalue weighted by atomic mass is 127. The molecular weight excluding hydrogens is 613 g/mol. The van der Waals surface area contributed by atoms with Crippen LogP contribution in [0.15, 0.2) is 92.9 Å². The molecular formula is C28H28IN5O3S. The Hall–Kier alpha value is -3.38. The lowest BCUT2D eigenvalue weighted by atomic mass is 9.88. The molecule has 196 valence electrons. The van der Waals surface area contributed by atoms with E-state index in [1.807, 2.05) is 51.1 Å². The van der Waals surface area contributed by atoms with E-state index in [4.69, 9.17) is 5.73 Å². The second kappa shape index (κ2) is 9.42. The maximum atomic E-state index is 13.9. The molecule has 1 aliphatic heterocycles. The molecule has 0 saturated carbocycles. The third-order valence-corrected chi connectivity index (χ3v) is 9.22. The van der Waals surface area contributed by atoms with E-state index in [2.05, 4.69) is 37.9 Å². The van der Waals surface area contributed by atoms with Crippen molar-refractivity contribution in [3.63, 3.8) is 0 Å². The Morgan fingerprint density at radius 1 is 1.18 bits per heavy atom. The van der Waals surface area contributed by atoms with Crippen LogP contribution in [-0.2, 0) is 10.0 Å². The van der Waals surface area contributed by atoms with Crippen molar-refractivity contribution in [2.24, 2.45) is 15.7 Å². The molecule has 4 N–H and O–H groups in total. The Labute approximate surface area is 235 Å². The van der Waals surface area contributed by atoms with Crippen LogP contribution in [0, 0.1) is 10.5 Å². The van der Waals surface area contributed by atoms with Crippen LogP contribution in [0.5, 0.6) is 0 Å². The van der Waals surface area contributed by atoms with Crippen molar-refractivity contribution in [3.05, 3.63) is 92.9 Å². The maximum absolute atomic E-state index is 13.9. The van der Waals surface area contributed by atoms with Crippen LogP contribution in [0.25, 0.3) is 16.7 Å². The van der Waals surface area contributed by atoms with Crippen molar-refractivity contribution >= 4 is 60.9 Å². The first-order chi connectivity index (χ1) is 17.9. The molecule has 1 aliphatic carbocycles. The molecule has 3 aromatic rings. The monoisotopic (exact) mass is 641 g/mol. The van der Waals surface area contributed by atoms with Crippen molar-refractivity contribution in [1.29, 1.82) is 0 Å². The molecule has 5 rings (SSSR count). The fraction of sp³-hybridized carbons (Fsp3) is 0.214. The Kier molecular flexibility index (Phi) is 6.50. The van der Waals surface area contributed by atoms with Crippen LogP contribution in [-0.4, -0.2) is 40.7 Å². The number of nitrogens with one attached hydrogen (secondary N) is 1. The molecule has 0 spiro atoms. The number of allylic oxidation sites excluding steroid dienone is 1. The summed E-state index contributed by atoms with van der Waals surface area (Å²) in [4.78, 5) is 9.23. The largest absolute Gasteiger partial charge is 0.505 e. The molecule has 0 radical (unpaired) electrons. The van der Waals surface area contributed by atoms with Crippen LogP contribution >= 0.6 is 22.6 Å². The Morgan fingerprint density at radius 3 is 2.61 bits per heavy atom. The maximum Gasteiger partial charge on any atom is 0.268 e. The van der Waals surface area contributed by atoms with E-state index in [0.717, 1.165) is 15.0 Å². The number of amidine groups is 2. The van der Waals surface area contributed by atoms with Crippen LogP contribution in [0.2, 0.25) is 0 Å². The van der Waals surface area contributed by atoms with Gasteiger partial charge in [-0.1, -0.05) is 29.8 Å². The lowest BCUT2D eigenvalue weighted by Crippen LogP contribution is -2.46. The fourth-order valence-corrected chi connectivity index (χ4v) is 6.72. The minimum absolute atomic E-state index is 0.0294. The highest BCUT2D eigenvalue weighted by Crippen LogP contribution is 2.32. The summed E-state index contributed by atoms with van der Waals surface area (Å²) >= 11 is 2.14. The first-order valence-corrected chi connectivity index (χ1v) is 14.5. The third kappa shape index (κ3) is 4.55. The van der Waals surface area contributed by atoms with Crippen molar-refractivity contribution in [1.82, 2.24) is 9.29 Å². The second-order valence-electron chi connectivity index (χ2n) is 9.78. The number of aryl methyl sites for hydroxylation is 1. The van der Waals surface area contributed by atoms with Gasteiger partial charge in [0.05, 0.1) is 33.5 Å². The number of nitrogens with two attached hydrogens (primary N) is 1. The van der Waals surface area contributed by atoms with E-state index in [1.54, 1.807) is 43.3 Å². The summed E-state index contributed by atoms with van der Waals surface area (Å²) in [5.74, 6) is 0.661. The Morgan fingerprint density at radius 2 is 1.89 bits per heavy atom. The van der Waals surface area contributed by atoms with Gasteiger partial charge in [-0.05, 0) is 92.8 Å². The summed E-state index contributed by atoms with van der Waals surface area (Å²) in [6.45, 7) is 7.46. The topological polar surface area (TPSA) is 122 Å². The molecule has 2 aliphatic rings. The number of rotatable bonds is 5.